The van der Waals surface area contributed by atoms with Gasteiger partial charge in [0.2, 0.25) is 0 Å². The van der Waals surface area contributed by atoms with Crippen molar-refractivity contribution in [1.82, 2.24) is 4.90 Å². The summed E-state index contributed by atoms with van der Waals surface area (Å²) in [5, 5.41) is 9.95. The third kappa shape index (κ3) is 4.12. The Balaban J connectivity index is 1.73. The standard InChI is InChI=1S/C20H26N2O2S/c1-19(2,3)24-18(23)22-10-6-9-20(13-21,14-22)11-15-12-25-17-8-5-4-7-16(15)17/h4-5,7-8,15H,6,9-12,14H2,1-3H3. The number of rotatable bonds is 2. The number of nitriles is 1. The first-order chi connectivity index (χ1) is 11.8. The Labute approximate surface area is 154 Å². The average molecular weight is 359 g/mol. The van der Waals surface area contributed by atoms with Crippen LogP contribution in [0.1, 0.15) is 51.5 Å². The van der Waals surface area contributed by atoms with E-state index in [-0.39, 0.29) is 6.09 Å². The molecule has 0 aromatic heterocycles. The number of hydrogen-bond acceptors (Lipinski definition) is 4. The number of benzene rings is 1. The van der Waals surface area contributed by atoms with Gasteiger partial charge in [0.15, 0.2) is 0 Å². The van der Waals surface area contributed by atoms with Gasteiger partial charge in [0, 0.05) is 23.7 Å². The molecule has 0 saturated carbocycles. The Morgan fingerprint density at radius 2 is 2.20 bits per heavy atom. The minimum atomic E-state index is -0.509. The van der Waals surface area contributed by atoms with Crippen molar-refractivity contribution in [1.29, 1.82) is 5.26 Å². The quantitative estimate of drug-likeness (QED) is 0.761. The molecular weight excluding hydrogens is 332 g/mol. The Hall–Kier alpha value is -1.67. The van der Waals surface area contributed by atoms with Crippen molar-refractivity contribution >= 4 is 17.9 Å². The van der Waals surface area contributed by atoms with E-state index in [1.807, 2.05) is 32.5 Å². The first-order valence-corrected chi connectivity index (χ1v) is 9.91. The Morgan fingerprint density at radius 3 is 2.92 bits per heavy atom. The molecule has 1 amide bonds. The Bertz CT molecular complexity index is 692. The molecule has 2 unspecified atom stereocenters. The number of thioether (sulfide) groups is 1. The van der Waals surface area contributed by atoms with Gasteiger partial charge >= 0.3 is 6.09 Å². The molecule has 2 heterocycles. The highest BCUT2D eigenvalue weighted by Gasteiger charge is 2.41. The summed E-state index contributed by atoms with van der Waals surface area (Å²) in [6.45, 7) is 6.77. The molecule has 134 valence electrons. The summed E-state index contributed by atoms with van der Waals surface area (Å²) in [4.78, 5) is 15.5. The second kappa shape index (κ2) is 6.92. The zero-order valence-electron chi connectivity index (χ0n) is 15.2. The normalized spacial score (nSPS) is 26.0. The minimum Gasteiger partial charge on any atom is -0.444 e. The molecule has 5 heteroatoms. The molecule has 1 aromatic rings. The summed E-state index contributed by atoms with van der Waals surface area (Å²) in [7, 11) is 0. The highest BCUT2D eigenvalue weighted by atomic mass is 32.2. The molecule has 1 aromatic carbocycles. The van der Waals surface area contributed by atoms with Gasteiger partial charge in [-0.1, -0.05) is 18.2 Å². The fourth-order valence-electron chi connectivity index (χ4n) is 3.79. The highest BCUT2D eigenvalue weighted by Crippen LogP contribution is 2.47. The zero-order valence-corrected chi connectivity index (χ0v) is 16.1. The molecule has 2 aliphatic rings. The number of ether oxygens (including phenoxy) is 1. The smallest absolute Gasteiger partial charge is 0.410 e. The summed E-state index contributed by atoms with van der Waals surface area (Å²) in [6.07, 6.45) is 2.22. The second-order valence-electron chi connectivity index (χ2n) is 8.15. The highest BCUT2D eigenvalue weighted by molar-refractivity contribution is 7.99. The van der Waals surface area contributed by atoms with E-state index in [0.29, 0.717) is 19.0 Å². The first kappa shape index (κ1) is 18.1. The molecule has 0 N–H and O–H groups in total. The van der Waals surface area contributed by atoms with E-state index >= 15 is 0 Å². The van der Waals surface area contributed by atoms with Crippen LogP contribution in [0, 0.1) is 16.7 Å². The van der Waals surface area contributed by atoms with Gasteiger partial charge in [-0.25, -0.2) is 4.79 Å². The van der Waals surface area contributed by atoms with Crippen LogP contribution in [0.3, 0.4) is 0 Å². The lowest BCUT2D eigenvalue weighted by atomic mass is 9.73. The summed E-state index contributed by atoms with van der Waals surface area (Å²) in [5.74, 6) is 1.41. The van der Waals surface area contributed by atoms with E-state index in [4.69, 9.17) is 4.74 Å². The van der Waals surface area contributed by atoms with Crippen LogP contribution in [-0.4, -0.2) is 35.4 Å². The molecule has 0 aliphatic carbocycles. The fraction of sp³-hybridized carbons (Fsp3) is 0.600. The van der Waals surface area contributed by atoms with E-state index in [1.165, 1.54) is 10.5 Å². The Kier molecular flexibility index (Phi) is 5.02. The summed E-state index contributed by atoms with van der Waals surface area (Å²) in [6, 6.07) is 11.0. The molecule has 0 spiro atoms. The van der Waals surface area contributed by atoms with Crippen molar-refractivity contribution in [3.8, 4) is 6.07 Å². The third-order valence-corrected chi connectivity index (χ3v) is 6.15. The lowest BCUT2D eigenvalue weighted by molar-refractivity contribution is 0.00975. The van der Waals surface area contributed by atoms with Gasteiger partial charge in [-0.2, -0.15) is 5.26 Å². The van der Waals surface area contributed by atoms with E-state index in [9.17, 15) is 10.1 Å². The number of carbonyl (C=O) groups excluding carboxylic acids is 1. The maximum Gasteiger partial charge on any atom is 0.410 e. The largest absolute Gasteiger partial charge is 0.444 e. The van der Waals surface area contributed by atoms with Crippen molar-refractivity contribution in [3.05, 3.63) is 29.8 Å². The number of likely N-dealkylation sites (tertiary alicyclic amines) is 1. The Morgan fingerprint density at radius 1 is 1.44 bits per heavy atom. The molecule has 1 fully saturated rings. The predicted octanol–water partition coefficient (Wildman–Crippen LogP) is 4.81. The summed E-state index contributed by atoms with van der Waals surface area (Å²) < 4.78 is 5.51. The van der Waals surface area contributed by atoms with Gasteiger partial charge in [-0.05, 0) is 57.6 Å². The van der Waals surface area contributed by atoms with Gasteiger partial charge < -0.3 is 9.64 Å². The van der Waals surface area contributed by atoms with Gasteiger partial charge in [-0.3, -0.25) is 0 Å². The molecule has 25 heavy (non-hydrogen) atoms. The van der Waals surface area contributed by atoms with E-state index < -0.39 is 11.0 Å². The monoisotopic (exact) mass is 358 g/mol. The summed E-state index contributed by atoms with van der Waals surface area (Å²) >= 11 is 1.87. The van der Waals surface area contributed by atoms with Crippen LogP contribution in [0.15, 0.2) is 29.2 Å². The number of amides is 1. The van der Waals surface area contributed by atoms with Gasteiger partial charge in [0.25, 0.3) is 0 Å². The number of piperidine rings is 1. The minimum absolute atomic E-state index is 0.298. The van der Waals surface area contributed by atoms with Crippen molar-refractivity contribution in [2.45, 2.75) is 56.4 Å². The van der Waals surface area contributed by atoms with Crippen LogP contribution in [0.25, 0.3) is 0 Å². The van der Waals surface area contributed by atoms with Gasteiger partial charge in [0.1, 0.15) is 5.60 Å². The lowest BCUT2D eigenvalue weighted by Crippen LogP contribution is -2.47. The molecule has 3 rings (SSSR count). The molecule has 2 aliphatic heterocycles. The predicted molar refractivity (Wildman–Crippen MR) is 99.6 cm³/mol. The first-order valence-electron chi connectivity index (χ1n) is 8.93. The van der Waals surface area contributed by atoms with Crippen molar-refractivity contribution in [2.75, 3.05) is 18.8 Å². The van der Waals surface area contributed by atoms with Gasteiger partial charge in [0.05, 0.1) is 11.5 Å². The SMILES string of the molecule is CC(C)(C)OC(=O)N1CCCC(C#N)(CC2CSc3ccccc32)C1. The second-order valence-corrected chi connectivity index (χ2v) is 9.21. The van der Waals surface area contributed by atoms with Crippen molar-refractivity contribution in [2.24, 2.45) is 5.41 Å². The van der Waals surface area contributed by atoms with Crippen molar-refractivity contribution in [3.63, 3.8) is 0 Å². The summed E-state index contributed by atoms with van der Waals surface area (Å²) in [5.41, 5.74) is 0.374. The number of carbonyl (C=O) groups is 1. The maximum absolute atomic E-state index is 12.4. The lowest BCUT2D eigenvalue weighted by Gasteiger charge is -2.40. The van der Waals surface area contributed by atoms with Crippen LogP contribution in [0.4, 0.5) is 4.79 Å². The number of fused-ring (bicyclic) bond motifs is 1. The number of hydrogen-bond donors (Lipinski definition) is 0. The molecule has 0 radical (unpaired) electrons. The van der Waals surface area contributed by atoms with Crippen LogP contribution in [0.2, 0.25) is 0 Å². The topological polar surface area (TPSA) is 53.3 Å². The molecule has 2 atom stereocenters. The van der Waals surface area contributed by atoms with Crippen LogP contribution in [0.5, 0.6) is 0 Å². The van der Waals surface area contributed by atoms with Crippen LogP contribution < -0.4 is 0 Å². The molecular formula is C20H26N2O2S. The van der Waals surface area contributed by atoms with E-state index in [2.05, 4.69) is 30.3 Å². The molecule has 1 saturated heterocycles. The molecule has 4 nitrogen and oxygen atoms in total. The zero-order chi connectivity index (χ0) is 18.1. The molecule has 0 bridgehead atoms. The van der Waals surface area contributed by atoms with Crippen LogP contribution >= 0.6 is 11.8 Å². The van der Waals surface area contributed by atoms with Crippen molar-refractivity contribution < 1.29 is 9.53 Å². The van der Waals surface area contributed by atoms with E-state index in [0.717, 1.165) is 25.0 Å². The van der Waals surface area contributed by atoms with Crippen LogP contribution in [-0.2, 0) is 4.74 Å². The van der Waals surface area contributed by atoms with E-state index in [1.54, 1.807) is 4.90 Å². The average Bonchev–Trinajstić information content (AvgIpc) is 2.96. The maximum atomic E-state index is 12.4. The fourth-order valence-corrected chi connectivity index (χ4v) is 5.04. The number of nitrogens with zero attached hydrogens (tertiary/aromatic N) is 2. The third-order valence-electron chi connectivity index (χ3n) is 4.90. The van der Waals surface area contributed by atoms with Gasteiger partial charge in [-0.15, -0.1) is 11.8 Å².